The molecule has 0 atom stereocenters. The van der Waals surface area contributed by atoms with Crippen molar-refractivity contribution in [2.75, 3.05) is 18.8 Å². The molecule has 1 saturated heterocycles. The molecule has 1 aliphatic heterocycles. The van der Waals surface area contributed by atoms with E-state index in [2.05, 4.69) is 10.2 Å². The van der Waals surface area contributed by atoms with Crippen LogP contribution in [0.15, 0.2) is 24.3 Å². The van der Waals surface area contributed by atoms with Gasteiger partial charge in [0, 0.05) is 37.3 Å². The Morgan fingerprint density at radius 2 is 1.79 bits per heavy atom. The Morgan fingerprint density at radius 1 is 1.08 bits per heavy atom. The Kier molecular flexibility index (Phi) is 6.13. The first-order valence-electron chi connectivity index (χ1n) is 9.59. The van der Waals surface area contributed by atoms with Crippen molar-refractivity contribution < 1.29 is 4.79 Å². The van der Waals surface area contributed by atoms with Gasteiger partial charge >= 0.3 is 0 Å². The van der Waals surface area contributed by atoms with Crippen LogP contribution in [0.1, 0.15) is 56.9 Å². The summed E-state index contributed by atoms with van der Waals surface area (Å²) in [5, 5.41) is 3.23. The molecule has 1 amide bonds. The number of aryl methyl sites for hydroxylation is 1. The molecule has 0 bridgehead atoms. The van der Waals surface area contributed by atoms with Crippen LogP contribution in [-0.2, 0) is 11.2 Å². The molecule has 1 heterocycles. The van der Waals surface area contributed by atoms with Gasteiger partial charge in [0.1, 0.15) is 0 Å². The van der Waals surface area contributed by atoms with Gasteiger partial charge in [-0.1, -0.05) is 37.5 Å². The monoisotopic (exact) mass is 329 g/mol. The number of hydrogen-bond acceptors (Lipinski definition) is 3. The molecule has 0 aromatic heterocycles. The fourth-order valence-corrected chi connectivity index (χ4v) is 4.17. The van der Waals surface area contributed by atoms with Crippen LogP contribution in [0.5, 0.6) is 0 Å². The summed E-state index contributed by atoms with van der Waals surface area (Å²) < 4.78 is 0. The Balaban J connectivity index is 1.38. The van der Waals surface area contributed by atoms with Gasteiger partial charge in [0.05, 0.1) is 0 Å². The fourth-order valence-electron chi connectivity index (χ4n) is 4.17. The van der Waals surface area contributed by atoms with Crippen molar-refractivity contribution in [2.45, 2.75) is 69.9 Å². The number of carbonyl (C=O) groups is 1. The van der Waals surface area contributed by atoms with Gasteiger partial charge in [-0.3, -0.25) is 4.79 Å². The van der Waals surface area contributed by atoms with Crippen molar-refractivity contribution in [1.29, 1.82) is 0 Å². The van der Waals surface area contributed by atoms with E-state index in [9.17, 15) is 4.79 Å². The number of anilines is 1. The Morgan fingerprint density at radius 3 is 2.50 bits per heavy atom. The highest BCUT2D eigenvalue weighted by Crippen LogP contribution is 2.25. The lowest BCUT2D eigenvalue weighted by Crippen LogP contribution is -2.48. The number of nitrogens with zero attached hydrogens (tertiary/aromatic N) is 1. The average Bonchev–Trinajstić information content (AvgIpc) is 2.62. The quantitative estimate of drug-likeness (QED) is 0.816. The predicted molar refractivity (Wildman–Crippen MR) is 98.8 cm³/mol. The van der Waals surface area contributed by atoms with Crippen LogP contribution in [0, 0.1) is 0 Å². The van der Waals surface area contributed by atoms with E-state index >= 15 is 0 Å². The molecular weight excluding hydrogens is 298 g/mol. The van der Waals surface area contributed by atoms with E-state index < -0.39 is 0 Å². The topological polar surface area (TPSA) is 58.4 Å². The second-order valence-corrected chi connectivity index (χ2v) is 7.37. The van der Waals surface area contributed by atoms with Crippen LogP contribution in [-0.4, -0.2) is 36.0 Å². The molecule has 0 spiro atoms. The van der Waals surface area contributed by atoms with Gasteiger partial charge < -0.3 is 16.0 Å². The number of amides is 1. The zero-order valence-corrected chi connectivity index (χ0v) is 14.7. The maximum absolute atomic E-state index is 12.2. The molecule has 1 saturated carbocycles. The van der Waals surface area contributed by atoms with E-state index in [1.165, 1.54) is 32.1 Å². The summed E-state index contributed by atoms with van der Waals surface area (Å²) >= 11 is 0. The Bertz CT molecular complexity index is 531. The Hall–Kier alpha value is -1.55. The number of nitrogens with one attached hydrogen (secondary N) is 1. The van der Waals surface area contributed by atoms with Gasteiger partial charge in [-0.2, -0.15) is 0 Å². The maximum atomic E-state index is 12.2. The van der Waals surface area contributed by atoms with Crippen LogP contribution in [0.2, 0.25) is 0 Å². The molecule has 1 aromatic carbocycles. The van der Waals surface area contributed by atoms with E-state index in [4.69, 9.17) is 5.73 Å². The highest BCUT2D eigenvalue weighted by atomic mass is 16.1. The molecule has 3 rings (SSSR count). The number of rotatable bonds is 5. The van der Waals surface area contributed by atoms with Crippen LogP contribution < -0.4 is 11.1 Å². The summed E-state index contributed by atoms with van der Waals surface area (Å²) in [6.07, 6.45) is 10.4. The minimum absolute atomic E-state index is 0.161. The molecule has 2 aliphatic rings. The van der Waals surface area contributed by atoms with E-state index in [-0.39, 0.29) is 5.91 Å². The van der Waals surface area contributed by atoms with Crippen molar-refractivity contribution in [2.24, 2.45) is 0 Å². The summed E-state index contributed by atoms with van der Waals surface area (Å²) in [5.74, 6) is 0.161. The van der Waals surface area contributed by atoms with E-state index in [1.807, 2.05) is 24.3 Å². The summed E-state index contributed by atoms with van der Waals surface area (Å²) in [5.41, 5.74) is 7.79. The van der Waals surface area contributed by atoms with Gasteiger partial charge in [0.2, 0.25) is 5.91 Å². The molecule has 4 nitrogen and oxygen atoms in total. The Labute approximate surface area is 145 Å². The van der Waals surface area contributed by atoms with Crippen LogP contribution >= 0.6 is 0 Å². The summed E-state index contributed by atoms with van der Waals surface area (Å²) in [6, 6.07) is 8.96. The predicted octanol–water partition coefficient (Wildman–Crippen LogP) is 3.11. The molecule has 2 fully saturated rings. The van der Waals surface area contributed by atoms with Crippen LogP contribution in [0.4, 0.5) is 5.69 Å². The third kappa shape index (κ3) is 4.73. The number of para-hydroxylation sites is 1. The number of carbonyl (C=O) groups excluding carboxylic acids is 1. The summed E-state index contributed by atoms with van der Waals surface area (Å²) in [6.45, 7) is 2.28. The van der Waals surface area contributed by atoms with Gasteiger partial charge in [-0.05, 0) is 43.7 Å². The van der Waals surface area contributed by atoms with Crippen molar-refractivity contribution in [3.8, 4) is 0 Å². The number of likely N-dealkylation sites (tertiary alicyclic amines) is 1. The third-order valence-corrected chi connectivity index (χ3v) is 5.66. The SMILES string of the molecule is Nc1ccccc1CCC(=O)NC1CCN(C2CCCCC2)CC1. The molecule has 0 unspecified atom stereocenters. The van der Waals surface area contributed by atoms with Crippen molar-refractivity contribution in [1.82, 2.24) is 10.2 Å². The van der Waals surface area contributed by atoms with Crippen molar-refractivity contribution >= 4 is 11.6 Å². The minimum Gasteiger partial charge on any atom is -0.399 e. The van der Waals surface area contributed by atoms with Gasteiger partial charge in [0.15, 0.2) is 0 Å². The van der Waals surface area contributed by atoms with E-state index in [0.717, 1.165) is 49.6 Å². The molecule has 3 N–H and O–H groups in total. The van der Waals surface area contributed by atoms with Gasteiger partial charge in [-0.15, -0.1) is 0 Å². The minimum atomic E-state index is 0.161. The highest BCUT2D eigenvalue weighted by molar-refractivity contribution is 5.76. The highest BCUT2D eigenvalue weighted by Gasteiger charge is 2.26. The molecule has 4 heteroatoms. The molecule has 1 aromatic rings. The standard InChI is InChI=1S/C20H31N3O/c21-19-9-5-4-6-16(19)10-11-20(24)22-17-12-14-23(15-13-17)18-7-2-1-3-8-18/h4-6,9,17-18H,1-3,7-8,10-15,21H2,(H,22,24). The first-order valence-corrected chi connectivity index (χ1v) is 9.59. The normalized spacial score (nSPS) is 20.8. The lowest BCUT2D eigenvalue weighted by Gasteiger charge is -2.39. The molecule has 0 radical (unpaired) electrons. The number of nitrogens with two attached hydrogens (primary N) is 1. The average molecular weight is 329 g/mol. The molecule has 1 aliphatic carbocycles. The third-order valence-electron chi connectivity index (χ3n) is 5.66. The summed E-state index contributed by atoms with van der Waals surface area (Å²) in [7, 11) is 0. The number of hydrogen-bond donors (Lipinski definition) is 2. The second kappa shape index (κ2) is 8.52. The lowest BCUT2D eigenvalue weighted by atomic mass is 9.92. The van der Waals surface area contributed by atoms with Crippen molar-refractivity contribution in [3.05, 3.63) is 29.8 Å². The smallest absolute Gasteiger partial charge is 0.220 e. The van der Waals surface area contributed by atoms with Crippen LogP contribution in [0.3, 0.4) is 0 Å². The lowest BCUT2D eigenvalue weighted by molar-refractivity contribution is -0.122. The number of piperidine rings is 1. The molecular formula is C20H31N3O. The first-order chi connectivity index (χ1) is 11.7. The fraction of sp³-hybridized carbons (Fsp3) is 0.650. The van der Waals surface area contributed by atoms with E-state index in [0.29, 0.717) is 12.5 Å². The zero-order chi connectivity index (χ0) is 16.8. The second-order valence-electron chi connectivity index (χ2n) is 7.37. The number of benzene rings is 1. The van der Waals surface area contributed by atoms with Gasteiger partial charge in [0.25, 0.3) is 0 Å². The summed E-state index contributed by atoms with van der Waals surface area (Å²) in [4.78, 5) is 14.9. The van der Waals surface area contributed by atoms with Crippen LogP contribution in [0.25, 0.3) is 0 Å². The first kappa shape index (κ1) is 17.3. The molecule has 132 valence electrons. The van der Waals surface area contributed by atoms with E-state index in [1.54, 1.807) is 0 Å². The largest absolute Gasteiger partial charge is 0.399 e. The maximum Gasteiger partial charge on any atom is 0.220 e. The number of nitrogen functional groups attached to an aromatic ring is 1. The van der Waals surface area contributed by atoms with Gasteiger partial charge in [-0.25, -0.2) is 0 Å². The molecule has 24 heavy (non-hydrogen) atoms. The van der Waals surface area contributed by atoms with Crippen molar-refractivity contribution in [3.63, 3.8) is 0 Å². The zero-order valence-electron chi connectivity index (χ0n) is 14.7.